The normalized spacial score (nSPS) is 18.4. The molecule has 0 bridgehead atoms. The average molecular weight is 427 g/mol. The lowest BCUT2D eigenvalue weighted by Gasteiger charge is -2.40. The zero-order chi connectivity index (χ0) is 21.2. The number of alkyl halides is 3. The number of rotatable bonds is 5. The summed E-state index contributed by atoms with van der Waals surface area (Å²) in [7, 11) is -2.05. The van der Waals surface area contributed by atoms with Crippen LogP contribution in [0.25, 0.3) is 0 Å². The second kappa shape index (κ2) is 8.23. The second-order valence-electron chi connectivity index (χ2n) is 7.24. The number of nitrogens with one attached hydrogen (secondary N) is 1. The highest BCUT2D eigenvalue weighted by Gasteiger charge is 2.42. The molecular formula is C20H24F3N3O2S. The molecule has 0 saturated carbocycles. The standard InChI is InChI=1S/C20H24F3N3O2S/c1-15-10-11-17(24-29(27,28)18-8-4-3-5-9-18)13-19(15)25(2)26-12-6-7-16(14-26)20(21,22)23/h3-5,8-11,13,16,24H,6-7,12,14H2,1-2H3. The van der Waals surface area contributed by atoms with Gasteiger partial charge in [0.05, 0.1) is 22.2 Å². The monoisotopic (exact) mass is 427 g/mol. The number of benzene rings is 2. The van der Waals surface area contributed by atoms with Crippen molar-refractivity contribution in [3.05, 3.63) is 54.1 Å². The first kappa shape index (κ1) is 21.4. The van der Waals surface area contributed by atoms with E-state index in [1.807, 2.05) is 6.92 Å². The first-order chi connectivity index (χ1) is 13.6. The zero-order valence-corrected chi connectivity index (χ0v) is 17.1. The van der Waals surface area contributed by atoms with E-state index in [2.05, 4.69) is 4.72 Å². The number of anilines is 2. The molecule has 0 radical (unpaired) electrons. The number of sulfonamides is 1. The minimum absolute atomic E-state index is 0.112. The van der Waals surface area contributed by atoms with Crippen molar-refractivity contribution in [3.8, 4) is 0 Å². The summed E-state index contributed by atoms with van der Waals surface area (Å²) in [6.45, 7) is 2.24. The fourth-order valence-corrected chi connectivity index (χ4v) is 4.55. The summed E-state index contributed by atoms with van der Waals surface area (Å²) in [4.78, 5) is 0.138. The SMILES string of the molecule is Cc1ccc(NS(=O)(=O)c2ccccc2)cc1N(C)N1CCCC(C(F)(F)F)C1. The minimum Gasteiger partial charge on any atom is -0.309 e. The van der Waals surface area contributed by atoms with E-state index in [1.54, 1.807) is 53.5 Å². The number of hydrogen-bond acceptors (Lipinski definition) is 4. The molecule has 158 valence electrons. The molecule has 2 aromatic rings. The molecule has 1 aliphatic heterocycles. The quantitative estimate of drug-likeness (QED) is 0.768. The first-order valence-corrected chi connectivity index (χ1v) is 10.8. The van der Waals surface area contributed by atoms with E-state index in [0.29, 0.717) is 24.3 Å². The van der Waals surface area contributed by atoms with E-state index in [0.717, 1.165) is 5.56 Å². The number of nitrogens with zero attached hydrogens (tertiary/aromatic N) is 2. The van der Waals surface area contributed by atoms with Gasteiger partial charge < -0.3 is 5.01 Å². The smallest absolute Gasteiger partial charge is 0.309 e. The summed E-state index contributed by atoms with van der Waals surface area (Å²) in [5, 5.41) is 3.35. The Balaban J connectivity index is 1.82. The predicted octanol–water partition coefficient (Wildman–Crippen LogP) is 4.42. The van der Waals surface area contributed by atoms with E-state index < -0.39 is 22.1 Å². The average Bonchev–Trinajstić information content (AvgIpc) is 2.69. The van der Waals surface area contributed by atoms with E-state index in [-0.39, 0.29) is 17.9 Å². The van der Waals surface area contributed by atoms with Gasteiger partial charge >= 0.3 is 6.18 Å². The van der Waals surface area contributed by atoms with Gasteiger partial charge in [0, 0.05) is 20.1 Å². The third-order valence-corrected chi connectivity index (χ3v) is 6.55. The zero-order valence-electron chi connectivity index (χ0n) is 16.3. The molecule has 3 rings (SSSR count). The van der Waals surface area contributed by atoms with Crippen molar-refractivity contribution in [1.29, 1.82) is 0 Å². The van der Waals surface area contributed by atoms with Crippen molar-refractivity contribution in [3.63, 3.8) is 0 Å². The van der Waals surface area contributed by atoms with Crippen LogP contribution in [0.1, 0.15) is 18.4 Å². The van der Waals surface area contributed by atoms with Crippen LogP contribution in [0.2, 0.25) is 0 Å². The molecule has 0 spiro atoms. The largest absolute Gasteiger partial charge is 0.393 e. The molecule has 1 unspecified atom stereocenters. The Morgan fingerprint density at radius 3 is 2.48 bits per heavy atom. The number of piperidine rings is 1. The van der Waals surface area contributed by atoms with Crippen LogP contribution in [0.5, 0.6) is 0 Å². The topological polar surface area (TPSA) is 52.7 Å². The lowest BCUT2D eigenvalue weighted by atomic mass is 9.98. The van der Waals surface area contributed by atoms with Crippen LogP contribution in [-0.4, -0.2) is 39.7 Å². The van der Waals surface area contributed by atoms with Gasteiger partial charge in [-0.15, -0.1) is 0 Å². The van der Waals surface area contributed by atoms with Gasteiger partial charge in [-0.3, -0.25) is 4.72 Å². The third-order valence-electron chi connectivity index (χ3n) is 5.15. The van der Waals surface area contributed by atoms with Gasteiger partial charge in [0.15, 0.2) is 0 Å². The number of aryl methyl sites for hydroxylation is 1. The molecule has 5 nitrogen and oxygen atoms in total. The lowest BCUT2D eigenvalue weighted by molar-refractivity contribution is -0.187. The molecule has 9 heteroatoms. The van der Waals surface area contributed by atoms with Crippen LogP contribution < -0.4 is 9.73 Å². The van der Waals surface area contributed by atoms with Crippen molar-refractivity contribution >= 4 is 21.4 Å². The van der Waals surface area contributed by atoms with Crippen molar-refractivity contribution in [2.75, 3.05) is 29.9 Å². The van der Waals surface area contributed by atoms with Crippen LogP contribution >= 0.6 is 0 Å². The minimum atomic E-state index is -4.22. The van der Waals surface area contributed by atoms with Crippen LogP contribution in [0.15, 0.2) is 53.4 Å². The summed E-state index contributed by atoms with van der Waals surface area (Å²) < 4.78 is 67.1. The molecule has 0 amide bonds. The first-order valence-electron chi connectivity index (χ1n) is 9.32. The van der Waals surface area contributed by atoms with Crippen molar-refractivity contribution < 1.29 is 21.6 Å². The van der Waals surface area contributed by atoms with E-state index in [1.165, 1.54) is 12.1 Å². The molecule has 29 heavy (non-hydrogen) atoms. The Kier molecular flexibility index (Phi) is 6.09. The number of hydrogen-bond donors (Lipinski definition) is 1. The van der Waals surface area contributed by atoms with Gasteiger partial charge in [-0.25, -0.2) is 13.4 Å². The summed E-state index contributed by atoms with van der Waals surface area (Å²) in [6, 6.07) is 13.0. The molecule has 0 aliphatic carbocycles. The molecule has 2 aromatic carbocycles. The number of halogens is 3. The van der Waals surface area contributed by atoms with Gasteiger partial charge in [-0.1, -0.05) is 24.3 Å². The Morgan fingerprint density at radius 2 is 1.83 bits per heavy atom. The van der Waals surface area contributed by atoms with E-state index >= 15 is 0 Å². The van der Waals surface area contributed by atoms with Crippen molar-refractivity contribution in [2.24, 2.45) is 5.92 Å². The molecule has 0 aromatic heterocycles. The summed E-state index contributed by atoms with van der Waals surface area (Å²) in [5.41, 5.74) is 1.84. The van der Waals surface area contributed by atoms with Crippen LogP contribution in [0.4, 0.5) is 24.5 Å². The van der Waals surface area contributed by atoms with E-state index in [9.17, 15) is 21.6 Å². The molecule has 1 heterocycles. The Hall–Kier alpha value is -2.26. The summed E-state index contributed by atoms with van der Waals surface area (Å²) in [5.74, 6) is -1.36. The van der Waals surface area contributed by atoms with Gasteiger partial charge in [0.2, 0.25) is 0 Å². The number of hydrazine groups is 1. The Labute approximate surface area is 169 Å². The summed E-state index contributed by atoms with van der Waals surface area (Å²) >= 11 is 0. The fraction of sp³-hybridized carbons (Fsp3) is 0.400. The lowest BCUT2D eigenvalue weighted by Crippen LogP contribution is -2.49. The highest BCUT2D eigenvalue weighted by Crippen LogP contribution is 2.35. The second-order valence-corrected chi connectivity index (χ2v) is 8.92. The third kappa shape index (κ3) is 5.02. The van der Waals surface area contributed by atoms with Gasteiger partial charge in [-0.2, -0.15) is 13.2 Å². The van der Waals surface area contributed by atoms with Gasteiger partial charge in [-0.05, 0) is 49.6 Å². The molecule has 1 N–H and O–H groups in total. The molecule has 1 aliphatic rings. The van der Waals surface area contributed by atoms with E-state index in [4.69, 9.17) is 0 Å². The van der Waals surface area contributed by atoms with Crippen LogP contribution in [0, 0.1) is 12.8 Å². The maximum Gasteiger partial charge on any atom is 0.393 e. The Bertz CT molecular complexity index is 949. The maximum absolute atomic E-state index is 13.1. The van der Waals surface area contributed by atoms with Crippen LogP contribution in [-0.2, 0) is 10.0 Å². The molecule has 1 atom stereocenters. The Morgan fingerprint density at radius 1 is 1.14 bits per heavy atom. The van der Waals surface area contributed by atoms with Crippen molar-refractivity contribution in [2.45, 2.75) is 30.8 Å². The highest BCUT2D eigenvalue weighted by molar-refractivity contribution is 7.92. The predicted molar refractivity (Wildman–Crippen MR) is 107 cm³/mol. The molecule has 1 fully saturated rings. The highest BCUT2D eigenvalue weighted by atomic mass is 32.2. The van der Waals surface area contributed by atoms with Crippen LogP contribution in [0.3, 0.4) is 0 Å². The molecular weight excluding hydrogens is 403 g/mol. The summed E-state index contributed by atoms with van der Waals surface area (Å²) in [6.07, 6.45) is -3.64. The van der Waals surface area contributed by atoms with Gasteiger partial charge in [0.1, 0.15) is 0 Å². The van der Waals surface area contributed by atoms with Crippen molar-refractivity contribution in [1.82, 2.24) is 5.01 Å². The molecule has 1 saturated heterocycles. The van der Waals surface area contributed by atoms with Gasteiger partial charge in [0.25, 0.3) is 10.0 Å². The fourth-order valence-electron chi connectivity index (χ4n) is 3.48. The maximum atomic E-state index is 13.1.